The first-order chi connectivity index (χ1) is 9.46. The summed E-state index contributed by atoms with van der Waals surface area (Å²) in [7, 11) is 0. The van der Waals surface area contributed by atoms with Crippen LogP contribution in [0.5, 0.6) is 0 Å². The summed E-state index contributed by atoms with van der Waals surface area (Å²) in [6.45, 7) is 4.29. The van der Waals surface area contributed by atoms with Crippen LogP contribution in [0.1, 0.15) is 48.5 Å². The predicted octanol–water partition coefficient (Wildman–Crippen LogP) is 4.83. The van der Waals surface area contributed by atoms with Crippen LogP contribution < -0.4 is 5.32 Å². The Morgan fingerprint density at radius 1 is 1.50 bits per heavy atom. The number of hydrogen-bond donors (Lipinski definition) is 1. The number of aryl methyl sites for hydroxylation is 1. The van der Waals surface area contributed by atoms with Crippen molar-refractivity contribution in [2.24, 2.45) is 5.92 Å². The molecule has 1 fully saturated rings. The highest BCUT2D eigenvalue weighted by Crippen LogP contribution is 2.34. The first-order valence-corrected chi connectivity index (χ1v) is 9.02. The number of rotatable bonds is 3. The van der Waals surface area contributed by atoms with Gasteiger partial charge in [-0.3, -0.25) is 4.79 Å². The normalized spacial score (nSPS) is 26.3. The summed E-state index contributed by atoms with van der Waals surface area (Å²) < 4.78 is 0.864. The van der Waals surface area contributed by atoms with Crippen LogP contribution in [-0.2, 0) is 0 Å². The summed E-state index contributed by atoms with van der Waals surface area (Å²) in [5.41, 5.74) is 1.77. The maximum absolute atomic E-state index is 12.6. The fourth-order valence-corrected chi connectivity index (χ4v) is 4.36. The minimum atomic E-state index is -0.0981. The number of amides is 1. The summed E-state index contributed by atoms with van der Waals surface area (Å²) in [5, 5.41) is 4.09. The average Bonchev–Trinajstić information content (AvgIpc) is 2.38. The number of hydrogen-bond acceptors (Lipinski definition) is 1. The number of alkyl halides is 1. The first kappa shape index (κ1) is 16.0. The van der Waals surface area contributed by atoms with E-state index < -0.39 is 0 Å². The predicted molar refractivity (Wildman–Crippen MR) is 90.5 cm³/mol. The third kappa shape index (κ3) is 3.64. The molecule has 0 saturated heterocycles. The van der Waals surface area contributed by atoms with Crippen LogP contribution in [0, 0.1) is 12.8 Å². The molecule has 2 unspecified atom stereocenters. The molecule has 2 atom stereocenters. The fourth-order valence-electron chi connectivity index (χ4n) is 3.04. The molecule has 1 saturated carbocycles. The minimum Gasteiger partial charge on any atom is -0.346 e. The van der Waals surface area contributed by atoms with Crippen molar-refractivity contribution in [3.05, 3.63) is 33.8 Å². The summed E-state index contributed by atoms with van der Waals surface area (Å²) in [5.74, 6) is 0.688. The van der Waals surface area contributed by atoms with Crippen LogP contribution in [0.15, 0.2) is 22.7 Å². The standard InChI is InChI=1S/C16H21Br2NO/c1-11-5-6-13(14(18)8-11)15(20)19-16(10-17)7-3-4-12(2)9-16/h5-6,8,12H,3-4,7,9-10H2,1-2H3,(H,19,20). The highest BCUT2D eigenvalue weighted by molar-refractivity contribution is 9.10. The number of halogens is 2. The molecular formula is C16H21Br2NO. The third-order valence-electron chi connectivity index (χ3n) is 4.10. The number of nitrogens with one attached hydrogen (secondary N) is 1. The van der Waals surface area contributed by atoms with Gasteiger partial charge < -0.3 is 5.32 Å². The van der Waals surface area contributed by atoms with E-state index in [1.165, 1.54) is 12.8 Å². The van der Waals surface area contributed by atoms with Gasteiger partial charge in [0.1, 0.15) is 0 Å². The minimum absolute atomic E-state index is 0.0189. The molecule has 0 spiro atoms. The van der Waals surface area contributed by atoms with Gasteiger partial charge in [-0.25, -0.2) is 0 Å². The molecule has 0 aliphatic heterocycles. The van der Waals surface area contributed by atoms with E-state index in [4.69, 9.17) is 0 Å². The molecule has 0 radical (unpaired) electrons. The Hall–Kier alpha value is -0.350. The van der Waals surface area contributed by atoms with Gasteiger partial charge in [0.15, 0.2) is 0 Å². The summed E-state index contributed by atoms with van der Waals surface area (Å²) in [6.07, 6.45) is 4.55. The molecule has 2 rings (SSSR count). The van der Waals surface area contributed by atoms with Crippen molar-refractivity contribution in [3.63, 3.8) is 0 Å². The van der Waals surface area contributed by atoms with Crippen molar-refractivity contribution in [3.8, 4) is 0 Å². The Morgan fingerprint density at radius 2 is 2.25 bits per heavy atom. The molecule has 1 aliphatic rings. The SMILES string of the molecule is Cc1ccc(C(=O)NC2(CBr)CCCC(C)C2)c(Br)c1. The largest absolute Gasteiger partial charge is 0.346 e. The lowest BCUT2D eigenvalue weighted by Gasteiger charge is -2.39. The molecule has 1 N–H and O–H groups in total. The molecule has 1 aromatic rings. The lowest BCUT2D eigenvalue weighted by atomic mass is 9.77. The first-order valence-electron chi connectivity index (χ1n) is 7.10. The van der Waals surface area contributed by atoms with Crippen molar-refractivity contribution in [2.75, 3.05) is 5.33 Å². The van der Waals surface area contributed by atoms with Gasteiger partial charge in [-0.1, -0.05) is 41.8 Å². The van der Waals surface area contributed by atoms with Crippen LogP contribution in [0.3, 0.4) is 0 Å². The Morgan fingerprint density at radius 3 is 2.85 bits per heavy atom. The molecular weight excluding hydrogens is 382 g/mol. The van der Waals surface area contributed by atoms with E-state index in [9.17, 15) is 4.79 Å². The lowest BCUT2D eigenvalue weighted by molar-refractivity contribution is 0.0868. The van der Waals surface area contributed by atoms with Crippen LogP contribution in [0.2, 0.25) is 0 Å². The van der Waals surface area contributed by atoms with Gasteiger partial charge in [-0.2, -0.15) is 0 Å². The summed E-state index contributed by atoms with van der Waals surface area (Å²) >= 11 is 7.09. The zero-order valence-corrected chi connectivity index (χ0v) is 15.2. The molecule has 1 aliphatic carbocycles. The Labute approximate surface area is 138 Å². The number of carbonyl (C=O) groups excluding carboxylic acids is 1. The van der Waals surface area contributed by atoms with Gasteiger partial charge in [0, 0.05) is 9.80 Å². The fraction of sp³-hybridized carbons (Fsp3) is 0.562. The molecule has 1 amide bonds. The van der Waals surface area contributed by atoms with E-state index in [-0.39, 0.29) is 11.4 Å². The average molecular weight is 403 g/mol. The molecule has 2 nitrogen and oxygen atoms in total. The van der Waals surface area contributed by atoms with Gasteiger partial charge in [0.2, 0.25) is 0 Å². The molecule has 110 valence electrons. The van der Waals surface area contributed by atoms with E-state index in [2.05, 4.69) is 44.1 Å². The van der Waals surface area contributed by atoms with Gasteiger partial charge in [-0.15, -0.1) is 0 Å². The van der Waals surface area contributed by atoms with Crippen LogP contribution in [-0.4, -0.2) is 16.8 Å². The molecule has 0 bridgehead atoms. The smallest absolute Gasteiger partial charge is 0.252 e. The van der Waals surface area contributed by atoms with Crippen molar-refractivity contribution in [1.29, 1.82) is 0 Å². The van der Waals surface area contributed by atoms with E-state index in [0.717, 1.165) is 28.2 Å². The second kappa shape index (κ2) is 6.61. The van der Waals surface area contributed by atoms with Gasteiger partial charge >= 0.3 is 0 Å². The monoisotopic (exact) mass is 401 g/mol. The summed E-state index contributed by atoms with van der Waals surface area (Å²) in [6, 6.07) is 5.85. The van der Waals surface area contributed by atoms with E-state index >= 15 is 0 Å². The van der Waals surface area contributed by atoms with Crippen LogP contribution in [0.25, 0.3) is 0 Å². The molecule has 20 heavy (non-hydrogen) atoms. The van der Waals surface area contributed by atoms with Crippen molar-refractivity contribution >= 4 is 37.8 Å². The Kier molecular flexibility index (Phi) is 5.30. The highest BCUT2D eigenvalue weighted by Gasteiger charge is 2.35. The van der Waals surface area contributed by atoms with E-state index in [1.807, 2.05) is 25.1 Å². The maximum atomic E-state index is 12.6. The topological polar surface area (TPSA) is 29.1 Å². The van der Waals surface area contributed by atoms with Crippen molar-refractivity contribution in [1.82, 2.24) is 5.32 Å². The lowest BCUT2D eigenvalue weighted by Crippen LogP contribution is -2.52. The molecule has 1 aromatic carbocycles. The second-order valence-electron chi connectivity index (χ2n) is 6.05. The van der Waals surface area contributed by atoms with E-state index in [0.29, 0.717) is 11.5 Å². The van der Waals surface area contributed by atoms with Crippen molar-refractivity contribution in [2.45, 2.75) is 45.1 Å². The van der Waals surface area contributed by atoms with E-state index in [1.54, 1.807) is 0 Å². The zero-order chi connectivity index (χ0) is 14.8. The molecule has 0 aromatic heterocycles. The van der Waals surface area contributed by atoms with Gasteiger partial charge in [-0.05, 0) is 59.3 Å². The zero-order valence-electron chi connectivity index (χ0n) is 12.0. The van der Waals surface area contributed by atoms with Gasteiger partial charge in [0.05, 0.1) is 11.1 Å². The van der Waals surface area contributed by atoms with Crippen LogP contribution in [0.4, 0.5) is 0 Å². The second-order valence-corrected chi connectivity index (χ2v) is 7.47. The molecule has 4 heteroatoms. The third-order valence-corrected chi connectivity index (χ3v) is 5.82. The van der Waals surface area contributed by atoms with Crippen molar-refractivity contribution < 1.29 is 4.79 Å². The quantitative estimate of drug-likeness (QED) is 0.720. The Bertz CT molecular complexity index is 503. The maximum Gasteiger partial charge on any atom is 0.252 e. The number of carbonyl (C=O) groups is 1. The Balaban J connectivity index is 2.16. The number of benzene rings is 1. The highest BCUT2D eigenvalue weighted by atomic mass is 79.9. The molecule has 0 heterocycles. The summed E-state index contributed by atoms with van der Waals surface area (Å²) in [4.78, 5) is 12.6. The van der Waals surface area contributed by atoms with Gasteiger partial charge in [0.25, 0.3) is 5.91 Å². The van der Waals surface area contributed by atoms with Crippen LogP contribution >= 0.6 is 31.9 Å².